The van der Waals surface area contributed by atoms with Gasteiger partial charge in [-0.3, -0.25) is 0 Å². The van der Waals surface area contributed by atoms with Crippen LogP contribution in [0.1, 0.15) is 64.5 Å². The summed E-state index contributed by atoms with van der Waals surface area (Å²) >= 11 is 0. The van der Waals surface area contributed by atoms with Crippen molar-refractivity contribution in [3.05, 3.63) is 35.6 Å². The first kappa shape index (κ1) is 15.5. The number of hydrogen-bond acceptors (Lipinski definition) is 1. The molecule has 2 heteroatoms. The SMILES string of the molecule is CCCNC(c1ccccc1F)C1CCC(C)(C)CC1. The smallest absolute Gasteiger partial charge is 0.127 e. The summed E-state index contributed by atoms with van der Waals surface area (Å²) in [5.74, 6) is 0.498. The zero-order valence-electron chi connectivity index (χ0n) is 13.1. The van der Waals surface area contributed by atoms with E-state index in [0.717, 1.165) is 18.5 Å². The standard InChI is InChI=1S/C18H28FN/c1-4-13-20-17(15-7-5-6-8-16(15)19)14-9-11-18(2,3)12-10-14/h5-8,14,17,20H,4,9-13H2,1-3H3. The summed E-state index contributed by atoms with van der Waals surface area (Å²) in [6.45, 7) is 7.82. The lowest BCUT2D eigenvalue weighted by atomic mass is 9.70. The molecule has 1 aliphatic carbocycles. The Bertz CT molecular complexity index is 417. The Morgan fingerprint density at radius 1 is 1.25 bits per heavy atom. The molecule has 0 bridgehead atoms. The first-order chi connectivity index (χ1) is 9.53. The maximum absolute atomic E-state index is 14.1. The average molecular weight is 277 g/mol. The van der Waals surface area contributed by atoms with Crippen molar-refractivity contribution in [3.63, 3.8) is 0 Å². The van der Waals surface area contributed by atoms with Crippen LogP contribution >= 0.6 is 0 Å². The molecule has 0 heterocycles. The Morgan fingerprint density at radius 2 is 1.90 bits per heavy atom. The third kappa shape index (κ3) is 3.82. The van der Waals surface area contributed by atoms with Crippen molar-refractivity contribution in [2.75, 3.05) is 6.54 Å². The van der Waals surface area contributed by atoms with Crippen LogP contribution in [-0.4, -0.2) is 6.54 Å². The van der Waals surface area contributed by atoms with Crippen LogP contribution in [0.25, 0.3) is 0 Å². The minimum absolute atomic E-state index is 0.0639. The average Bonchev–Trinajstić information content (AvgIpc) is 2.42. The van der Waals surface area contributed by atoms with Crippen LogP contribution in [0.3, 0.4) is 0 Å². The summed E-state index contributed by atoms with van der Waals surface area (Å²) in [6.07, 6.45) is 5.97. The summed E-state index contributed by atoms with van der Waals surface area (Å²) in [7, 11) is 0. The molecule has 1 aromatic carbocycles. The van der Waals surface area contributed by atoms with Gasteiger partial charge in [0.1, 0.15) is 5.82 Å². The molecule has 1 atom stereocenters. The van der Waals surface area contributed by atoms with Gasteiger partial charge in [0, 0.05) is 11.6 Å². The molecule has 1 aromatic rings. The Kier molecular flexibility index (Phi) is 5.20. The highest BCUT2D eigenvalue weighted by Crippen LogP contribution is 2.43. The molecule has 0 amide bonds. The van der Waals surface area contributed by atoms with Crippen LogP contribution in [-0.2, 0) is 0 Å². The maximum atomic E-state index is 14.1. The zero-order valence-corrected chi connectivity index (χ0v) is 13.1. The normalized spacial score (nSPS) is 20.8. The fourth-order valence-corrected chi connectivity index (χ4v) is 3.31. The fourth-order valence-electron chi connectivity index (χ4n) is 3.31. The summed E-state index contributed by atoms with van der Waals surface area (Å²) in [5.41, 5.74) is 1.31. The van der Waals surface area contributed by atoms with Gasteiger partial charge in [-0.05, 0) is 56.0 Å². The molecule has 1 nitrogen and oxygen atoms in total. The van der Waals surface area contributed by atoms with Crippen LogP contribution in [0, 0.1) is 17.2 Å². The van der Waals surface area contributed by atoms with E-state index in [-0.39, 0.29) is 11.9 Å². The molecule has 1 aliphatic rings. The predicted molar refractivity (Wildman–Crippen MR) is 83.2 cm³/mol. The van der Waals surface area contributed by atoms with Crippen molar-refractivity contribution < 1.29 is 4.39 Å². The van der Waals surface area contributed by atoms with Gasteiger partial charge in [-0.25, -0.2) is 4.39 Å². The van der Waals surface area contributed by atoms with Gasteiger partial charge < -0.3 is 5.32 Å². The first-order valence-corrected chi connectivity index (χ1v) is 8.01. The fraction of sp³-hybridized carbons (Fsp3) is 0.667. The van der Waals surface area contributed by atoms with E-state index >= 15 is 0 Å². The molecule has 0 radical (unpaired) electrons. The van der Waals surface area contributed by atoms with Gasteiger partial charge in [0.2, 0.25) is 0 Å². The Balaban J connectivity index is 2.14. The van der Waals surface area contributed by atoms with Crippen molar-refractivity contribution in [3.8, 4) is 0 Å². The van der Waals surface area contributed by atoms with Gasteiger partial charge >= 0.3 is 0 Å². The van der Waals surface area contributed by atoms with Crippen molar-refractivity contribution >= 4 is 0 Å². The predicted octanol–water partition coefficient (Wildman–Crippen LogP) is 5.08. The minimum Gasteiger partial charge on any atom is -0.310 e. The van der Waals surface area contributed by atoms with E-state index in [1.54, 1.807) is 12.1 Å². The van der Waals surface area contributed by atoms with Gasteiger partial charge in [-0.15, -0.1) is 0 Å². The van der Waals surface area contributed by atoms with Crippen molar-refractivity contribution in [1.82, 2.24) is 5.32 Å². The molecule has 1 unspecified atom stereocenters. The summed E-state index contributed by atoms with van der Waals surface area (Å²) in [4.78, 5) is 0. The second-order valence-electron chi connectivity index (χ2n) is 6.95. The van der Waals surface area contributed by atoms with E-state index in [0.29, 0.717) is 11.3 Å². The van der Waals surface area contributed by atoms with E-state index < -0.39 is 0 Å². The highest BCUT2D eigenvalue weighted by Gasteiger charge is 2.32. The second-order valence-corrected chi connectivity index (χ2v) is 6.95. The van der Waals surface area contributed by atoms with E-state index in [4.69, 9.17) is 0 Å². The van der Waals surface area contributed by atoms with Crippen molar-refractivity contribution in [2.45, 2.75) is 58.9 Å². The molecular weight excluding hydrogens is 249 g/mol. The van der Waals surface area contributed by atoms with Crippen LogP contribution in [0.4, 0.5) is 4.39 Å². The minimum atomic E-state index is -0.0639. The lowest BCUT2D eigenvalue weighted by Crippen LogP contribution is -2.33. The molecular formula is C18H28FN. The Morgan fingerprint density at radius 3 is 2.50 bits per heavy atom. The number of benzene rings is 1. The number of rotatable bonds is 5. The Hall–Kier alpha value is -0.890. The van der Waals surface area contributed by atoms with Crippen LogP contribution < -0.4 is 5.32 Å². The van der Waals surface area contributed by atoms with Gasteiger partial charge in [0.05, 0.1) is 0 Å². The molecule has 20 heavy (non-hydrogen) atoms. The molecule has 1 fully saturated rings. The number of nitrogens with one attached hydrogen (secondary N) is 1. The van der Waals surface area contributed by atoms with Crippen molar-refractivity contribution in [1.29, 1.82) is 0 Å². The van der Waals surface area contributed by atoms with E-state index in [1.165, 1.54) is 25.7 Å². The molecule has 0 saturated heterocycles. The van der Waals surface area contributed by atoms with Gasteiger partial charge in [-0.1, -0.05) is 39.0 Å². The quantitative estimate of drug-likeness (QED) is 0.791. The van der Waals surface area contributed by atoms with E-state index in [1.807, 2.05) is 12.1 Å². The molecule has 0 spiro atoms. The highest BCUT2D eigenvalue weighted by atomic mass is 19.1. The van der Waals surface area contributed by atoms with Gasteiger partial charge in [0.25, 0.3) is 0 Å². The summed E-state index contributed by atoms with van der Waals surface area (Å²) < 4.78 is 14.1. The molecule has 1 saturated carbocycles. The lowest BCUT2D eigenvalue weighted by molar-refractivity contribution is 0.160. The lowest BCUT2D eigenvalue weighted by Gasteiger charge is -2.38. The molecule has 0 aliphatic heterocycles. The highest BCUT2D eigenvalue weighted by molar-refractivity contribution is 5.22. The topological polar surface area (TPSA) is 12.0 Å². The maximum Gasteiger partial charge on any atom is 0.127 e. The molecule has 112 valence electrons. The summed E-state index contributed by atoms with van der Waals surface area (Å²) in [6, 6.07) is 7.43. The molecule has 1 N–H and O–H groups in total. The first-order valence-electron chi connectivity index (χ1n) is 8.01. The monoisotopic (exact) mass is 277 g/mol. The number of hydrogen-bond donors (Lipinski definition) is 1. The molecule has 0 aromatic heterocycles. The largest absolute Gasteiger partial charge is 0.310 e. The molecule has 2 rings (SSSR count). The van der Waals surface area contributed by atoms with Crippen molar-refractivity contribution in [2.24, 2.45) is 11.3 Å². The van der Waals surface area contributed by atoms with Gasteiger partial charge in [0.15, 0.2) is 0 Å². The zero-order chi connectivity index (χ0) is 14.6. The Labute approximate surface area is 123 Å². The van der Waals surface area contributed by atoms with E-state index in [9.17, 15) is 4.39 Å². The van der Waals surface area contributed by atoms with Gasteiger partial charge in [-0.2, -0.15) is 0 Å². The third-order valence-electron chi connectivity index (χ3n) is 4.71. The summed E-state index contributed by atoms with van der Waals surface area (Å²) in [5, 5.41) is 3.58. The van der Waals surface area contributed by atoms with Crippen LogP contribution in [0.15, 0.2) is 24.3 Å². The third-order valence-corrected chi connectivity index (χ3v) is 4.71. The second kappa shape index (κ2) is 6.71. The van der Waals surface area contributed by atoms with Crippen LogP contribution in [0.5, 0.6) is 0 Å². The number of halogens is 1. The van der Waals surface area contributed by atoms with Crippen LogP contribution in [0.2, 0.25) is 0 Å². The van der Waals surface area contributed by atoms with E-state index in [2.05, 4.69) is 26.1 Å².